The summed E-state index contributed by atoms with van der Waals surface area (Å²) in [5.41, 5.74) is 2.01. The number of nitrogens with zero attached hydrogens (tertiary/aromatic N) is 6. The summed E-state index contributed by atoms with van der Waals surface area (Å²) in [5, 5.41) is 6.82. The van der Waals surface area contributed by atoms with Crippen LogP contribution in [0.15, 0.2) is 29.2 Å². The number of sulfone groups is 1. The highest BCUT2D eigenvalue weighted by Crippen LogP contribution is 2.30. The quantitative estimate of drug-likeness (QED) is 0.519. The highest BCUT2D eigenvalue weighted by molar-refractivity contribution is 7.90. The molecule has 2 aliphatic heterocycles. The van der Waals surface area contributed by atoms with Crippen LogP contribution >= 0.6 is 11.6 Å². The number of nitrogens with one attached hydrogen (secondary N) is 2. The molecule has 10 nitrogen and oxygen atoms in total. The van der Waals surface area contributed by atoms with E-state index >= 15 is 0 Å². The van der Waals surface area contributed by atoms with Crippen molar-refractivity contribution in [2.24, 2.45) is 0 Å². The lowest BCUT2D eigenvalue weighted by Crippen LogP contribution is -2.44. The SMILES string of the molecule is CS(=O)(=O)c1ccc(CNc2nc3nc(N4CCNCC4)nc(N4CCCC4)c3nc2Cl)cc1. The number of aromatic nitrogens is 4. The Bertz CT molecular complexity index is 1290. The van der Waals surface area contributed by atoms with E-state index in [0.717, 1.165) is 63.5 Å². The van der Waals surface area contributed by atoms with Gasteiger partial charge in [0.1, 0.15) is 0 Å². The van der Waals surface area contributed by atoms with Crippen LogP contribution in [0.2, 0.25) is 5.15 Å². The van der Waals surface area contributed by atoms with Gasteiger partial charge in [0.05, 0.1) is 4.90 Å². The van der Waals surface area contributed by atoms with Crippen LogP contribution in [-0.4, -0.2) is 73.9 Å². The van der Waals surface area contributed by atoms with E-state index in [9.17, 15) is 8.42 Å². The van der Waals surface area contributed by atoms with Gasteiger partial charge in [-0.3, -0.25) is 0 Å². The third-order valence-corrected chi connectivity index (χ3v) is 7.47. The van der Waals surface area contributed by atoms with Gasteiger partial charge in [-0.05, 0) is 30.5 Å². The molecular weight excluding hydrogens is 476 g/mol. The summed E-state index contributed by atoms with van der Waals surface area (Å²) in [7, 11) is -3.23. The average Bonchev–Trinajstić information content (AvgIpc) is 3.37. The monoisotopic (exact) mass is 502 g/mol. The van der Waals surface area contributed by atoms with Gasteiger partial charge >= 0.3 is 0 Å². The number of rotatable bonds is 6. The first-order valence-corrected chi connectivity index (χ1v) is 13.6. The summed E-state index contributed by atoms with van der Waals surface area (Å²) in [6, 6.07) is 6.72. The summed E-state index contributed by atoms with van der Waals surface area (Å²) in [4.78, 5) is 23.7. The molecule has 5 rings (SSSR count). The van der Waals surface area contributed by atoms with E-state index in [1.54, 1.807) is 24.3 Å². The molecule has 2 N–H and O–H groups in total. The van der Waals surface area contributed by atoms with Crippen molar-refractivity contribution >= 4 is 50.2 Å². The maximum Gasteiger partial charge on any atom is 0.229 e. The van der Waals surface area contributed by atoms with Gasteiger partial charge in [0.2, 0.25) is 5.95 Å². The molecule has 2 saturated heterocycles. The van der Waals surface area contributed by atoms with Gasteiger partial charge in [-0.15, -0.1) is 0 Å². The van der Waals surface area contributed by atoms with Crippen molar-refractivity contribution in [1.29, 1.82) is 0 Å². The Morgan fingerprint density at radius 1 is 0.971 bits per heavy atom. The van der Waals surface area contributed by atoms with Gasteiger partial charge in [0, 0.05) is 52.1 Å². The van der Waals surface area contributed by atoms with Gasteiger partial charge < -0.3 is 20.4 Å². The molecule has 3 aromatic rings. The number of hydrogen-bond donors (Lipinski definition) is 2. The normalized spacial score (nSPS) is 16.9. The van der Waals surface area contributed by atoms with Gasteiger partial charge in [-0.25, -0.2) is 18.4 Å². The van der Waals surface area contributed by atoms with Crippen LogP contribution in [0.4, 0.5) is 17.6 Å². The second kappa shape index (κ2) is 9.47. The molecule has 0 atom stereocenters. The van der Waals surface area contributed by atoms with Crippen molar-refractivity contribution in [3.63, 3.8) is 0 Å². The first kappa shape index (κ1) is 23.0. The van der Waals surface area contributed by atoms with E-state index in [0.29, 0.717) is 29.5 Å². The molecule has 4 heterocycles. The minimum Gasteiger partial charge on any atom is -0.363 e. The highest BCUT2D eigenvalue weighted by Gasteiger charge is 2.24. The molecule has 0 aliphatic carbocycles. The Morgan fingerprint density at radius 3 is 2.35 bits per heavy atom. The lowest BCUT2D eigenvalue weighted by atomic mass is 10.2. The number of piperazine rings is 1. The Labute approximate surface area is 203 Å². The number of hydrogen-bond acceptors (Lipinski definition) is 10. The van der Waals surface area contributed by atoms with E-state index in [1.807, 2.05) is 0 Å². The van der Waals surface area contributed by atoms with E-state index in [-0.39, 0.29) is 10.0 Å². The van der Waals surface area contributed by atoms with Gasteiger partial charge in [-0.1, -0.05) is 23.7 Å². The molecule has 0 unspecified atom stereocenters. The summed E-state index contributed by atoms with van der Waals surface area (Å²) in [5.74, 6) is 1.88. The standard InChI is InChI=1S/C22H27ClN8O2S/c1-34(32,33)16-6-4-15(5-7-16)14-25-20-18(23)26-17-19(27-20)28-22(31-12-8-24-9-13-31)29-21(17)30-10-2-3-11-30/h4-7,24H,2-3,8-14H2,1H3,(H,25,27,28,29). The zero-order valence-corrected chi connectivity index (χ0v) is 20.5. The molecule has 2 aromatic heterocycles. The van der Waals surface area contributed by atoms with Crippen LogP contribution in [0.5, 0.6) is 0 Å². The van der Waals surface area contributed by atoms with Crippen molar-refractivity contribution in [1.82, 2.24) is 25.3 Å². The Kier molecular flexibility index (Phi) is 6.41. The van der Waals surface area contributed by atoms with Crippen molar-refractivity contribution in [2.45, 2.75) is 24.3 Å². The topological polar surface area (TPSA) is 116 Å². The number of anilines is 3. The molecule has 0 amide bonds. The molecular formula is C22H27ClN8O2S. The minimum absolute atomic E-state index is 0.249. The molecule has 2 fully saturated rings. The van der Waals surface area contributed by atoms with Crippen molar-refractivity contribution in [3.05, 3.63) is 35.0 Å². The molecule has 1 aromatic carbocycles. The van der Waals surface area contributed by atoms with Crippen molar-refractivity contribution in [3.8, 4) is 0 Å². The molecule has 34 heavy (non-hydrogen) atoms. The van der Waals surface area contributed by atoms with Crippen LogP contribution in [0, 0.1) is 0 Å². The fourth-order valence-electron chi connectivity index (χ4n) is 4.21. The number of halogens is 1. The van der Waals surface area contributed by atoms with Crippen LogP contribution < -0.4 is 20.4 Å². The van der Waals surface area contributed by atoms with Gasteiger partial charge in [0.25, 0.3) is 0 Å². The predicted octanol–water partition coefficient (Wildman–Crippen LogP) is 2.10. The van der Waals surface area contributed by atoms with E-state index in [2.05, 4.69) is 25.4 Å². The molecule has 0 bridgehead atoms. The fourth-order valence-corrected chi connectivity index (χ4v) is 5.03. The van der Waals surface area contributed by atoms with Crippen molar-refractivity contribution < 1.29 is 8.42 Å². The van der Waals surface area contributed by atoms with Gasteiger partial charge in [-0.2, -0.15) is 9.97 Å². The summed E-state index contributed by atoms with van der Waals surface area (Å²) in [6.07, 6.45) is 3.43. The lowest BCUT2D eigenvalue weighted by Gasteiger charge is -2.28. The van der Waals surface area contributed by atoms with E-state index < -0.39 is 9.84 Å². The maximum absolute atomic E-state index is 11.7. The average molecular weight is 503 g/mol. The second-order valence-corrected chi connectivity index (χ2v) is 11.0. The molecule has 0 radical (unpaired) electrons. The zero-order valence-electron chi connectivity index (χ0n) is 19.0. The lowest BCUT2D eigenvalue weighted by molar-refractivity contribution is 0.580. The fraction of sp³-hybridized carbons (Fsp3) is 0.455. The zero-order chi connectivity index (χ0) is 23.7. The molecule has 12 heteroatoms. The minimum atomic E-state index is -3.23. The van der Waals surface area contributed by atoms with Crippen LogP contribution in [0.3, 0.4) is 0 Å². The largest absolute Gasteiger partial charge is 0.363 e. The van der Waals surface area contributed by atoms with Crippen LogP contribution in [0.25, 0.3) is 11.2 Å². The highest BCUT2D eigenvalue weighted by atomic mass is 35.5. The third kappa shape index (κ3) is 4.86. The number of fused-ring (bicyclic) bond motifs is 1. The Hall–Kier alpha value is -2.76. The summed E-state index contributed by atoms with van der Waals surface area (Å²) in [6.45, 7) is 5.71. The number of benzene rings is 1. The Morgan fingerprint density at radius 2 is 1.68 bits per heavy atom. The van der Waals surface area contributed by atoms with E-state index in [1.165, 1.54) is 6.26 Å². The van der Waals surface area contributed by atoms with Crippen LogP contribution in [-0.2, 0) is 16.4 Å². The predicted molar refractivity (Wildman–Crippen MR) is 134 cm³/mol. The summed E-state index contributed by atoms with van der Waals surface area (Å²) < 4.78 is 23.4. The molecule has 0 saturated carbocycles. The molecule has 2 aliphatic rings. The van der Waals surface area contributed by atoms with E-state index in [4.69, 9.17) is 26.6 Å². The molecule has 180 valence electrons. The summed E-state index contributed by atoms with van der Waals surface area (Å²) >= 11 is 6.51. The van der Waals surface area contributed by atoms with Crippen LogP contribution in [0.1, 0.15) is 18.4 Å². The molecule has 0 spiro atoms. The van der Waals surface area contributed by atoms with Crippen molar-refractivity contribution in [2.75, 3.05) is 60.6 Å². The third-order valence-electron chi connectivity index (χ3n) is 6.08. The first-order valence-electron chi connectivity index (χ1n) is 11.4. The maximum atomic E-state index is 11.7. The first-order chi connectivity index (χ1) is 16.4. The Balaban J connectivity index is 1.46. The second-order valence-electron chi connectivity index (χ2n) is 8.58. The van der Waals surface area contributed by atoms with Gasteiger partial charge in [0.15, 0.2) is 37.8 Å². The smallest absolute Gasteiger partial charge is 0.229 e.